The van der Waals surface area contributed by atoms with Crippen LogP contribution in [-0.4, -0.2) is 30.9 Å². The van der Waals surface area contributed by atoms with Crippen LogP contribution < -0.4 is 15.8 Å². The number of halogens is 1. The minimum atomic E-state index is -0.366. The number of nitrogens with two attached hydrogens (primary N) is 1. The van der Waals surface area contributed by atoms with E-state index in [-0.39, 0.29) is 6.17 Å². The van der Waals surface area contributed by atoms with Gasteiger partial charge in [-0.2, -0.15) is 0 Å². The van der Waals surface area contributed by atoms with Crippen LogP contribution in [-0.2, 0) is 6.61 Å². The molecule has 7 heteroatoms. The molecule has 1 unspecified atom stereocenters. The summed E-state index contributed by atoms with van der Waals surface area (Å²) in [6.07, 6.45) is -0.366. The molecule has 0 fully saturated rings. The second kappa shape index (κ2) is 8.01. The molecule has 29 heavy (non-hydrogen) atoms. The van der Waals surface area contributed by atoms with Gasteiger partial charge in [-0.05, 0) is 40.6 Å². The molecular weight excluding hydrogens is 386 g/mol. The Hall–Kier alpha value is -3.25. The zero-order chi connectivity index (χ0) is 20.4. The molecule has 4 rings (SSSR count). The minimum Gasteiger partial charge on any atom is -0.489 e. The van der Waals surface area contributed by atoms with E-state index in [9.17, 15) is 0 Å². The van der Waals surface area contributed by atoms with Gasteiger partial charge in [-0.3, -0.25) is 5.32 Å². The Labute approximate surface area is 174 Å². The van der Waals surface area contributed by atoms with E-state index in [0.29, 0.717) is 23.5 Å². The Morgan fingerprint density at radius 3 is 2.59 bits per heavy atom. The van der Waals surface area contributed by atoms with E-state index in [1.165, 1.54) is 0 Å². The van der Waals surface area contributed by atoms with Crippen molar-refractivity contribution in [3.8, 4) is 5.75 Å². The van der Waals surface area contributed by atoms with Crippen LogP contribution in [0, 0.1) is 0 Å². The molecule has 1 aliphatic rings. The Morgan fingerprint density at radius 2 is 1.79 bits per heavy atom. The predicted octanol–water partition coefficient (Wildman–Crippen LogP) is 3.91. The number of hydrogen-bond acceptors (Lipinski definition) is 6. The summed E-state index contributed by atoms with van der Waals surface area (Å²) >= 11 is 6.20. The van der Waals surface area contributed by atoms with Crippen molar-refractivity contribution >= 4 is 34.3 Å². The second-order valence-corrected chi connectivity index (χ2v) is 7.42. The molecule has 6 nitrogen and oxygen atoms in total. The molecule has 0 amide bonds. The first-order chi connectivity index (χ1) is 14.0. The van der Waals surface area contributed by atoms with Crippen molar-refractivity contribution < 1.29 is 4.74 Å². The number of nitrogens with zero attached hydrogens (tertiary/aromatic N) is 3. The topological polar surface area (TPSA) is 75.2 Å². The molecule has 0 aromatic heterocycles. The lowest BCUT2D eigenvalue weighted by atomic mass is 10.1. The van der Waals surface area contributed by atoms with Gasteiger partial charge in [0.1, 0.15) is 12.4 Å². The number of nitrogens with one attached hydrogen (secondary N) is 1. The third-order valence-electron chi connectivity index (χ3n) is 4.66. The van der Waals surface area contributed by atoms with E-state index in [4.69, 9.17) is 22.1 Å². The van der Waals surface area contributed by atoms with E-state index in [2.05, 4.69) is 21.4 Å². The fraction of sp³-hybridized carbons (Fsp3) is 0.182. The van der Waals surface area contributed by atoms with Crippen LogP contribution in [0.2, 0.25) is 5.02 Å². The van der Waals surface area contributed by atoms with Gasteiger partial charge in [0.05, 0.1) is 0 Å². The van der Waals surface area contributed by atoms with E-state index >= 15 is 0 Å². The molecule has 148 valence electrons. The molecule has 0 aliphatic carbocycles. The zero-order valence-electron chi connectivity index (χ0n) is 16.3. The molecule has 0 saturated carbocycles. The number of rotatable bonds is 4. The van der Waals surface area contributed by atoms with Crippen molar-refractivity contribution in [2.75, 3.05) is 14.1 Å². The summed E-state index contributed by atoms with van der Waals surface area (Å²) in [5.74, 6) is 1.84. The second-order valence-electron chi connectivity index (χ2n) is 7.01. The van der Waals surface area contributed by atoms with Crippen molar-refractivity contribution in [2.24, 2.45) is 15.7 Å². The molecule has 0 bridgehead atoms. The minimum absolute atomic E-state index is 0.358. The lowest BCUT2D eigenvalue weighted by Gasteiger charge is -2.23. The monoisotopic (exact) mass is 407 g/mol. The molecule has 1 atom stereocenters. The Kier molecular flexibility index (Phi) is 5.27. The van der Waals surface area contributed by atoms with Gasteiger partial charge < -0.3 is 15.4 Å². The number of guanidine groups is 2. The van der Waals surface area contributed by atoms with Crippen molar-refractivity contribution in [1.82, 2.24) is 10.2 Å². The maximum Gasteiger partial charge on any atom is 0.202 e. The van der Waals surface area contributed by atoms with E-state index in [1.54, 1.807) is 0 Å². The highest BCUT2D eigenvalue weighted by Gasteiger charge is 2.18. The number of aliphatic imine (C=N–C) groups is 2. The number of benzene rings is 3. The number of fused-ring (bicyclic) bond motifs is 1. The van der Waals surface area contributed by atoms with E-state index in [1.807, 2.05) is 73.6 Å². The largest absolute Gasteiger partial charge is 0.489 e. The summed E-state index contributed by atoms with van der Waals surface area (Å²) in [4.78, 5) is 10.9. The molecular formula is C22H22ClN5O. The highest BCUT2D eigenvalue weighted by molar-refractivity contribution is 6.31. The fourth-order valence-corrected chi connectivity index (χ4v) is 3.29. The molecule has 0 spiro atoms. The van der Waals surface area contributed by atoms with Crippen molar-refractivity contribution in [2.45, 2.75) is 12.8 Å². The maximum absolute atomic E-state index is 6.20. The Bertz CT molecular complexity index is 1110. The number of hydrogen-bond donors (Lipinski definition) is 2. The third kappa shape index (κ3) is 4.27. The van der Waals surface area contributed by atoms with Crippen LogP contribution in [0.3, 0.4) is 0 Å². The van der Waals surface area contributed by atoms with Gasteiger partial charge in [0, 0.05) is 24.7 Å². The van der Waals surface area contributed by atoms with Gasteiger partial charge in [-0.1, -0.05) is 48.0 Å². The normalized spacial score (nSPS) is 16.0. The van der Waals surface area contributed by atoms with Gasteiger partial charge in [0.25, 0.3) is 0 Å². The summed E-state index contributed by atoms with van der Waals surface area (Å²) < 4.78 is 5.92. The third-order valence-corrected chi connectivity index (χ3v) is 5.02. The first kappa shape index (κ1) is 19.1. The molecule has 1 heterocycles. The van der Waals surface area contributed by atoms with Crippen LogP contribution in [0.25, 0.3) is 10.8 Å². The smallest absolute Gasteiger partial charge is 0.202 e. The lowest BCUT2D eigenvalue weighted by molar-refractivity contribution is 0.307. The molecule has 3 aromatic carbocycles. The quantitative estimate of drug-likeness (QED) is 0.687. The SMILES string of the molecule is CN(C)C1=NC(c2ccc3cc(OCc4ccccc4Cl)ccc3c2)N=C(N)N1. The highest BCUT2D eigenvalue weighted by atomic mass is 35.5. The maximum atomic E-state index is 6.20. The lowest BCUT2D eigenvalue weighted by Crippen LogP contribution is -2.46. The van der Waals surface area contributed by atoms with E-state index in [0.717, 1.165) is 27.6 Å². The van der Waals surface area contributed by atoms with Crippen LogP contribution in [0.15, 0.2) is 70.6 Å². The summed E-state index contributed by atoms with van der Waals surface area (Å²) in [7, 11) is 3.82. The Balaban J connectivity index is 1.56. The predicted molar refractivity (Wildman–Crippen MR) is 118 cm³/mol. The average Bonchev–Trinajstić information content (AvgIpc) is 2.72. The fourth-order valence-electron chi connectivity index (χ4n) is 3.10. The summed E-state index contributed by atoms with van der Waals surface area (Å²) in [6, 6.07) is 19.8. The van der Waals surface area contributed by atoms with Crippen LogP contribution in [0.5, 0.6) is 5.75 Å². The highest BCUT2D eigenvalue weighted by Crippen LogP contribution is 2.28. The molecule has 0 saturated heterocycles. The van der Waals surface area contributed by atoms with Gasteiger partial charge >= 0.3 is 0 Å². The van der Waals surface area contributed by atoms with Crippen molar-refractivity contribution in [1.29, 1.82) is 0 Å². The molecule has 0 radical (unpaired) electrons. The van der Waals surface area contributed by atoms with Gasteiger partial charge in [0.2, 0.25) is 5.96 Å². The van der Waals surface area contributed by atoms with Crippen LogP contribution in [0.4, 0.5) is 0 Å². The summed E-state index contributed by atoms with van der Waals surface area (Å²) in [6.45, 7) is 0.425. The Morgan fingerprint density at radius 1 is 1.03 bits per heavy atom. The molecule has 1 aliphatic heterocycles. The number of ether oxygens (including phenoxy) is 1. The standard InChI is InChI=1S/C22H22ClN5O/c1-28(2)22-26-20(25-21(24)27-22)16-8-7-15-12-18(10-9-14(15)11-16)29-13-17-5-3-4-6-19(17)23/h3-12,20H,13H2,1-2H3,(H3,24,25,26,27). The zero-order valence-corrected chi connectivity index (χ0v) is 17.0. The first-order valence-electron chi connectivity index (χ1n) is 9.25. The van der Waals surface area contributed by atoms with Crippen molar-refractivity contribution in [3.05, 3.63) is 76.8 Å². The van der Waals surface area contributed by atoms with Crippen LogP contribution >= 0.6 is 11.6 Å². The van der Waals surface area contributed by atoms with Gasteiger partial charge in [0.15, 0.2) is 12.1 Å². The molecule has 3 aromatic rings. The van der Waals surface area contributed by atoms with Crippen LogP contribution in [0.1, 0.15) is 17.3 Å². The average molecular weight is 408 g/mol. The summed E-state index contributed by atoms with van der Waals surface area (Å²) in [5.41, 5.74) is 7.86. The van der Waals surface area contributed by atoms with Gasteiger partial charge in [-0.25, -0.2) is 9.98 Å². The van der Waals surface area contributed by atoms with E-state index < -0.39 is 0 Å². The molecule has 3 N–H and O–H groups in total. The summed E-state index contributed by atoms with van der Waals surface area (Å²) in [5, 5.41) is 5.84. The van der Waals surface area contributed by atoms with Gasteiger partial charge in [-0.15, -0.1) is 0 Å². The first-order valence-corrected chi connectivity index (χ1v) is 9.63. The van der Waals surface area contributed by atoms with Crippen molar-refractivity contribution in [3.63, 3.8) is 0 Å².